The van der Waals surface area contributed by atoms with Crippen molar-refractivity contribution in [2.24, 2.45) is 5.92 Å². The minimum absolute atomic E-state index is 0.255. The monoisotopic (exact) mass is 360 g/mol. The van der Waals surface area contributed by atoms with Gasteiger partial charge >= 0.3 is 0 Å². The number of hydrogen-bond acceptors (Lipinski definition) is 3. The number of hydrogen-bond donors (Lipinski definition) is 0. The summed E-state index contributed by atoms with van der Waals surface area (Å²) in [6.45, 7) is 4.63. The molecule has 0 N–H and O–H groups in total. The molecule has 5 heteroatoms. The minimum atomic E-state index is 0.255. The Hall–Kier alpha value is -2.95. The predicted molar refractivity (Wildman–Crippen MR) is 105 cm³/mol. The van der Waals surface area contributed by atoms with Crippen molar-refractivity contribution in [2.45, 2.75) is 26.3 Å². The highest BCUT2D eigenvalue weighted by Gasteiger charge is 2.31. The smallest absolute Gasteiger partial charge is 0.222 e. The zero-order valence-corrected chi connectivity index (χ0v) is 15.6. The molecule has 0 saturated carbocycles. The number of pyridine rings is 1. The van der Waals surface area contributed by atoms with Crippen LogP contribution in [0.4, 0.5) is 0 Å². The van der Waals surface area contributed by atoms with Crippen molar-refractivity contribution >= 4 is 5.91 Å². The lowest BCUT2D eigenvalue weighted by Gasteiger charge is -2.40. The molecule has 1 aromatic carbocycles. The van der Waals surface area contributed by atoms with Crippen LogP contribution in [0.25, 0.3) is 11.4 Å². The molecule has 0 spiro atoms. The lowest BCUT2D eigenvalue weighted by atomic mass is 9.98. The molecule has 0 atom stereocenters. The summed E-state index contributed by atoms with van der Waals surface area (Å²) >= 11 is 0. The molecular formula is C22H24N4O. The van der Waals surface area contributed by atoms with Crippen molar-refractivity contribution in [1.82, 2.24) is 19.4 Å². The van der Waals surface area contributed by atoms with E-state index in [0.717, 1.165) is 43.1 Å². The van der Waals surface area contributed by atoms with Crippen LogP contribution in [0.15, 0.2) is 61.1 Å². The summed E-state index contributed by atoms with van der Waals surface area (Å²) in [7, 11) is 0. The van der Waals surface area contributed by atoms with E-state index in [1.165, 1.54) is 5.56 Å². The average molecular weight is 360 g/mol. The lowest BCUT2D eigenvalue weighted by molar-refractivity contribution is -0.137. The summed E-state index contributed by atoms with van der Waals surface area (Å²) in [5, 5.41) is 0. The Bertz CT molecular complexity index is 899. The van der Waals surface area contributed by atoms with Crippen LogP contribution in [0.5, 0.6) is 0 Å². The average Bonchev–Trinajstić information content (AvgIpc) is 3.04. The summed E-state index contributed by atoms with van der Waals surface area (Å²) in [5.74, 6) is 1.69. The molecule has 1 fully saturated rings. The number of carbonyl (C=O) groups is 1. The summed E-state index contributed by atoms with van der Waals surface area (Å²) in [4.78, 5) is 23.1. The molecule has 0 aliphatic carbocycles. The molecule has 1 aliphatic rings. The molecule has 0 radical (unpaired) electrons. The molecule has 3 heterocycles. The third-order valence-corrected chi connectivity index (χ3v) is 5.20. The first kappa shape index (κ1) is 17.5. The van der Waals surface area contributed by atoms with Gasteiger partial charge in [-0.25, -0.2) is 4.98 Å². The fraction of sp³-hybridized carbons (Fsp3) is 0.318. The minimum Gasteiger partial charge on any atom is -0.342 e. The summed E-state index contributed by atoms with van der Waals surface area (Å²) in [6.07, 6.45) is 6.92. The highest BCUT2D eigenvalue weighted by atomic mass is 16.2. The third kappa shape index (κ3) is 3.92. The first-order valence-electron chi connectivity index (χ1n) is 9.45. The van der Waals surface area contributed by atoms with Crippen molar-refractivity contribution in [3.8, 4) is 11.4 Å². The van der Waals surface area contributed by atoms with Gasteiger partial charge in [0.2, 0.25) is 5.91 Å². The number of imidazole rings is 1. The number of amides is 1. The van der Waals surface area contributed by atoms with Gasteiger partial charge in [0.05, 0.1) is 0 Å². The third-order valence-electron chi connectivity index (χ3n) is 5.20. The number of likely N-dealkylation sites (tertiary alicyclic amines) is 1. The van der Waals surface area contributed by atoms with E-state index < -0.39 is 0 Å². The van der Waals surface area contributed by atoms with Crippen LogP contribution in [0, 0.1) is 12.8 Å². The maximum absolute atomic E-state index is 12.4. The van der Waals surface area contributed by atoms with E-state index >= 15 is 0 Å². The number of aryl methyl sites for hydroxylation is 2. The van der Waals surface area contributed by atoms with E-state index in [2.05, 4.69) is 33.6 Å². The van der Waals surface area contributed by atoms with E-state index in [-0.39, 0.29) is 5.91 Å². The molecule has 1 saturated heterocycles. The molecule has 2 aromatic heterocycles. The van der Waals surface area contributed by atoms with Crippen molar-refractivity contribution in [3.63, 3.8) is 0 Å². The van der Waals surface area contributed by atoms with Gasteiger partial charge in [-0.15, -0.1) is 0 Å². The van der Waals surface area contributed by atoms with E-state index in [1.807, 2.05) is 47.6 Å². The van der Waals surface area contributed by atoms with Crippen molar-refractivity contribution in [1.29, 1.82) is 0 Å². The second kappa shape index (κ2) is 7.74. The zero-order chi connectivity index (χ0) is 18.6. The first-order valence-corrected chi connectivity index (χ1v) is 9.45. The Labute approximate surface area is 159 Å². The number of benzene rings is 1. The Kier molecular flexibility index (Phi) is 5.01. The molecule has 1 amide bonds. The van der Waals surface area contributed by atoms with Gasteiger partial charge < -0.3 is 9.47 Å². The largest absolute Gasteiger partial charge is 0.342 e. The topological polar surface area (TPSA) is 51.0 Å². The highest BCUT2D eigenvalue weighted by molar-refractivity contribution is 5.77. The highest BCUT2D eigenvalue weighted by Crippen LogP contribution is 2.24. The second-order valence-corrected chi connectivity index (χ2v) is 7.23. The van der Waals surface area contributed by atoms with Crippen molar-refractivity contribution in [3.05, 3.63) is 72.3 Å². The number of nitrogens with zero attached hydrogens (tertiary/aromatic N) is 4. The molecule has 0 unspecified atom stereocenters. The van der Waals surface area contributed by atoms with Crippen molar-refractivity contribution < 1.29 is 4.79 Å². The Morgan fingerprint density at radius 2 is 1.93 bits per heavy atom. The van der Waals surface area contributed by atoms with Gasteiger partial charge in [0.15, 0.2) is 0 Å². The number of aromatic nitrogens is 3. The van der Waals surface area contributed by atoms with Crippen LogP contribution < -0.4 is 0 Å². The van der Waals surface area contributed by atoms with Gasteiger partial charge in [-0.2, -0.15) is 0 Å². The van der Waals surface area contributed by atoms with Crippen LogP contribution in [0.3, 0.4) is 0 Å². The Morgan fingerprint density at radius 1 is 1.11 bits per heavy atom. The van der Waals surface area contributed by atoms with Crippen LogP contribution in [-0.2, 0) is 17.8 Å². The molecule has 0 bridgehead atoms. The van der Waals surface area contributed by atoms with Crippen LogP contribution in [0.1, 0.15) is 17.7 Å². The second-order valence-electron chi connectivity index (χ2n) is 7.23. The Balaban J connectivity index is 1.32. The molecule has 1 aliphatic heterocycles. The van der Waals surface area contributed by atoms with E-state index in [4.69, 9.17) is 0 Å². The van der Waals surface area contributed by atoms with Crippen LogP contribution >= 0.6 is 0 Å². The lowest BCUT2D eigenvalue weighted by Crippen LogP contribution is -2.51. The normalized spacial score (nSPS) is 14.2. The van der Waals surface area contributed by atoms with Gasteiger partial charge in [-0.05, 0) is 31.0 Å². The maximum atomic E-state index is 12.4. The van der Waals surface area contributed by atoms with Crippen LogP contribution in [0.2, 0.25) is 0 Å². The molecular weight excluding hydrogens is 336 g/mol. The number of carbonyl (C=O) groups excluding carboxylic acids is 1. The fourth-order valence-electron chi connectivity index (χ4n) is 3.62. The standard InChI is InChI=1S/C22H24N4O/c1-17-12-24-22(20-8-5-11-23-13-20)26(17)16-19-14-25(15-19)21(27)10-9-18-6-3-2-4-7-18/h2-8,11-13,19H,9-10,14-16H2,1H3. The fourth-order valence-corrected chi connectivity index (χ4v) is 3.62. The zero-order valence-electron chi connectivity index (χ0n) is 15.6. The van der Waals surface area contributed by atoms with Crippen molar-refractivity contribution in [2.75, 3.05) is 13.1 Å². The summed E-state index contributed by atoms with van der Waals surface area (Å²) in [6, 6.07) is 14.2. The van der Waals surface area contributed by atoms with E-state index in [0.29, 0.717) is 12.3 Å². The van der Waals surface area contributed by atoms with E-state index in [1.54, 1.807) is 6.20 Å². The maximum Gasteiger partial charge on any atom is 0.222 e. The number of rotatable bonds is 6. The summed E-state index contributed by atoms with van der Waals surface area (Å²) < 4.78 is 2.24. The molecule has 138 valence electrons. The van der Waals surface area contributed by atoms with Gasteiger partial charge in [0, 0.05) is 61.8 Å². The van der Waals surface area contributed by atoms with Crippen LogP contribution in [-0.4, -0.2) is 38.4 Å². The quantitative estimate of drug-likeness (QED) is 0.677. The first-order chi connectivity index (χ1) is 13.2. The van der Waals surface area contributed by atoms with Gasteiger partial charge in [0.25, 0.3) is 0 Å². The molecule has 5 nitrogen and oxygen atoms in total. The van der Waals surface area contributed by atoms with Gasteiger partial charge in [-0.1, -0.05) is 30.3 Å². The SMILES string of the molecule is Cc1cnc(-c2cccnc2)n1CC1CN(C(=O)CCc2ccccc2)C1. The predicted octanol–water partition coefficient (Wildman–Crippen LogP) is 3.34. The molecule has 4 rings (SSSR count). The van der Waals surface area contributed by atoms with E-state index in [9.17, 15) is 4.79 Å². The summed E-state index contributed by atoms with van der Waals surface area (Å²) in [5.41, 5.74) is 3.39. The van der Waals surface area contributed by atoms with Gasteiger partial charge in [0.1, 0.15) is 5.82 Å². The van der Waals surface area contributed by atoms with Gasteiger partial charge in [-0.3, -0.25) is 9.78 Å². The molecule has 3 aromatic rings. The molecule has 27 heavy (non-hydrogen) atoms. The Morgan fingerprint density at radius 3 is 2.67 bits per heavy atom.